The normalized spacial score (nSPS) is 14.5. The summed E-state index contributed by atoms with van der Waals surface area (Å²) in [7, 11) is -3.76. The predicted molar refractivity (Wildman–Crippen MR) is 76.0 cm³/mol. The van der Waals surface area contributed by atoms with Gasteiger partial charge in [-0.3, -0.25) is 13.6 Å². The summed E-state index contributed by atoms with van der Waals surface area (Å²) in [5, 5.41) is 9.52. The van der Waals surface area contributed by atoms with E-state index in [1.54, 1.807) is 45.0 Å². The highest BCUT2D eigenvalue weighted by atomic mass is 31.2. The Bertz CT molecular complexity index is 490. The van der Waals surface area contributed by atoms with E-state index in [0.29, 0.717) is 12.0 Å². The third-order valence-corrected chi connectivity index (χ3v) is 4.44. The molecule has 0 saturated heterocycles. The summed E-state index contributed by atoms with van der Waals surface area (Å²) in [6.45, 7) is 5.53. The molecule has 0 aromatic heterocycles. The Balaban J connectivity index is 3.15. The molecule has 0 saturated carbocycles. The lowest BCUT2D eigenvalue weighted by Gasteiger charge is -2.29. The van der Waals surface area contributed by atoms with E-state index in [2.05, 4.69) is 6.07 Å². The van der Waals surface area contributed by atoms with Gasteiger partial charge < -0.3 is 0 Å². The third kappa shape index (κ3) is 3.91. The van der Waals surface area contributed by atoms with Crippen molar-refractivity contribution in [3.8, 4) is 6.07 Å². The van der Waals surface area contributed by atoms with Gasteiger partial charge in [-0.2, -0.15) is 5.26 Å². The first kappa shape index (κ1) is 16.9. The summed E-state index contributed by atoms with van der Waals surface area (Å²) in [4.78, 5) is 0. The Morgan fingerprint density at radius 3 is 2.10 bits per heavy atom. The van der Waals surface area contributed by atoms with E-state index in [0.717, 1.165) is 0 Å². The van der Waals surface area contributed by atoms with Crippen LogP contribution in [0, 0.1) is 11.3 Å². The molecule has 1 rings (SSSR count). The molecule has 110 valence electrons. The van der Waals surface area contributed by atoms with Gasteiger partial charge in [0.2, 0.25) is 0 Å². The fourth-order valence-corrected chi connectivity index (χ4v) is 3.26. The van der Waals surface area contributed by atoms with Gasteiger partial charge in [0.25, 0.3) is 0 Å². The molecule has 1 aromatic rings. The number of nitrogens with zero attached hydrogens (tertiary/aromatic N) is 1. The molecule has 6 heteroatoms. The lowest BCUT2D eigenvalue weighted by molar-refractivity contribution is 0.0422. The second-order valence-electron chi connectivity index (χ2n) is 4.03. The molecule has 1 aromatic carbocycles. The highest BCUT2D eigenvalue weighted by Crippen LogP contribution is 2.55. The van der Waals surface area contributed by atoms with Crippen molar-refractivity contribution in [2.45, 2.75) is 32.8 Å². The Morgan fingerprint density at radius 2 is 1.70 bits per heavy atom. The molecule has 1 unspecified atom stereocenters. The standard InChI is InChI=1S/C14H20NO4P/c1-4-14(12-15,13-10-8-7-9-11-13)19-20(16,17-5-2)18-6-3/h7-11H,4-6H2,1-3H3. The minimum Gasteiger partial charge on any atom is -0.287 e. The maximum absolute atomic E-state index is 12.5. The van der Waals surface area contributed by atoms with Crippen LogP contribution in [0.1, 0.15) is 32.8 Å². The number of nitriles is 1. The molecule has 0 aliphatic rings. The van der Waals surface area contributed by atoms with Crippen molar-refractivity contribution >= 4 is 7.82 Å². The molecular formula is C14H20NO4P. The molecular weight excluding hydrogens is 277 g/mol. The van der Waals surface area contributed by atoms with Gasteiger partial charge in [-0.15, -0.1) is 0 Å². The Kier molecular flexibility index (Phi) is 6.38. The monoisotopic (exact) mass is 297 g/mol. The van der Waals surface area contributed by atoms with Crippen LogP contribution in [0.3, 0.4) is 0 Å². The SMILES string of the molecule is CCOP(=O)(OCC)OC(C#N)(CC)c1ccccc1. The fraction of sp³-hybridized carbons (Fsp3) is 0.500. The maximum Gasteiger partial charge on any atom is 0.476 e. The van der Waals surface area contributed by atoms with Gasteiger partial charge >= 0.3 is 7.82 Å². The zero-order valence-corrected chi connectivity index (χ0v) is 12.9. The smallest absolute Gasteiger partial charge is 0.287 e. The topological polar surface area (TPSA) is 68.6 Å². The number of phosphoric acid groups is 1. The third-order valence-electron chi connectivity index (χ3n) is 2.76. The van der Waals surface area contributed by atoms with Crippen molar-refractivity contribution in [3.05, 3.63) is 35.9 Å². The van der Waals surface area contributed by atoms with Crippen LogP contribution in [0.5, 0.6) is 0 Å². The van der Waals surface area contributed by atoms with E-state index in [1.807, 2.05) is 6.07 Å². The summed E-state index contributed by atoms with van der Waals surface area (Å²) in [6.07, 6.45) is 0.331. The zero-order valence-electron chi connectivity index (χ0n) is 12.0. The molecule has 0 amide bonds. The highest BCUT2D eigenvalue weighted by Gasteiger charge is 2.41. The first-order valence-electron chi connectivity index (χ1n) is 6.62. The molecule has 5 nitrogen and oxygen atoms in total. The van der Waals surface area contributed by atoms with Crippen LogP contribution < -0.4 is 0 Å². The van der Waals surface area contributed by atoms with E-state index in [1.165, 1.54) is 0 Å². The van der Waals surface area contributed by atoms with Crippen LogP contribution in [-0.4, -0.2) is 13.2 Å². The first-order valence-corrected chi connectivity index (χ1v) is 8.08. The van der Waals surface area contributed by atoms with Crippen molar-refractivity contribution in [1.82, 2.24) is 0 Å². The van der Waals surface area contributed by atoms with Crippen LogP contribution in [0.15, 0.2) is 30.3 Å². The summed E-state index contributed by atoms with van der Waals surface area (Å²) in [5.74, 6) is 0. The average molecular weight is 297 g/mol. The zero-order chi connectivity index (χ0) is 15.1. The van der Waals surface area contributed by atoms with Crippen LogP contribution >= 0.6 is 7.82 Å². The van der Waals surface area contributed by atoms with E-state index < -0.39 is 13.4 Å². The van der Waals surface area contributed by atoms with Crippen molar-refractivity contribution in [1.29, 1.82) is 5.26 Å². The van der Waals surface area contributed by atoms with Crippen molar-refractivity contribution in [2.24, 2.45) is 0 Å². The van der Waals surface area contributed by atoms with Crippen molar-refractivity contribution < 1.29 is 18.1 Å². The lowest BCUT2D eigenvalue weighted by Crippen LogP contribution is -2.27. The lowest BCUT2D eigenvalue weighted by atomic mass is 9.93. The number of benzene rings is 1. The van der Waals surface area contributed by atoms with E-state index >= 15 is 0 Å². The van der Waals surface area contributed by atoms with Crippen LogP contribution in [0.25, 0.3) is 0 Å². The predicted octanol–water partition coefficient (Wildman–Crippen LogP) is 4.01. The van der Waals surface area contributed by atoms with Crippen molar-refractivity contribution in [3.63, 3.8) is 0 Å². The largest absolute Gasteiger partial charge is 0.476 e. The molecule has 0 fully saturated rings. The van der Waals surface area contributed by atoms with Crippen LogP contribution in [-0.2, 0) is 23.7 Å². The molecule has 20 heavy (non-hydrogen) atoms. The van der Waals surface area contributed by atoms with Gasteiger partial charge in [-0.1, -0.05) is 37.3 Å². The molecule has 0 N–H and O–H groups in total. The average Bonchev–Trinajstić information content (AvgIpc) is 2.46. The molecule has 1 atom stereocenters. The van der Waals surface area contributed by atoms with Crippen molar-refractivity contribution in [2.75, 3.05) is 13.2 Å². The molecule has 0 spiro atoms. The fourth-order valence-electron chi connectivity index (χ4n) is 1.79. The van der Waals surface area contributed by atoms with Gasteiger partial charge in [0.05, 0.1) is 13.2 Å². The van der Waals surface area contributed by atoms with Crippen LogP contribution in [0.4, 0.5) is 0 Å². The Morgan fingerprint density at radius 1 is 1.15 bits per heavy atom. The number of hydrogen-bond donors (Lipinski definition) is 0. The Labute approximate surface area is 120 Å². The molecule has 0 radical (unpaired) electrons. The second-order valence-corrected chi connectivity index (χ2v) is 5.63. The van der Waals surface area contributed by atoms with Gasteiger partial charge in [-0.25, -0.2) is 4.57 Å². The maximum atomic E-state index is 12.5. The highest BCUT2D eigenvalue weighted by molar-refractivity contribution is 7.48. The van der Waals surface area contributed by atoms with Gasteiger partial charge in [0.15, 0.2) is 5.60 Å². The molecule has 0 bridgehead atoms. The van der Waals surface area contributed by atoms with Crippen LogP contribution in [0.2, 0.25) is 0 Å². The van der Waals surface area contributed by atoms with E-state index in [9.17, 15) is 9.83 Å². The molecule has 0 aliphatic carbocycles. The van der Waals surface area contributed by atoms with Gasteiger partial charge in [0, 0.05) is 0 Å². The first-order chi connectivity index (χ1) is 9.55. The summed E-state index contributed by atoms with van der Waals surface area (Å²) in [5.41, 5.74) is -0.717. The van der Waals surface area contributed by atoms with E-state index in [-0.39, 0.29) is 13.2 Å². The second kappa shape index (κ2) is 7.56. The minimum absolute atomic E-state index is 0.178. The minimum atomic E-state index is -3.76. The summed E-state index contributed by atoms with van der Waals surface area (Å²) >= 11 is 0. The number of phosphoric ester groups is 1. The summed E-state index contributed by atoms with van der Waals surface area (Å²) < 4.78 is 28.3. The van der Waals surface area contributed by atoms with Gasteiger partial charge in [-0.05, 0) is 25.8 Å². The van der Waals surface area contributed by atoms with E-state index in [4.69, 9.17) is 13.6 Å². The quantitative estimate of drug-likeness (QED) is 0.678. The summed E-state index contributed by atoms with van der Waals surface area (Å²) in [6, 6.07) is 11.1. The number of hydrogen-bond acceptors (Lipinski definition) is 5. The Hall–Kier alpha value is -1.18. The van der Waals surface area contributed by atoms with Gasteiger partial charge in [0.1, 0.15) is 6.07 Å². The molecule has 0 aliphatic heterocycles. The number of rotatable bonds is 8. The molecule has 0 heterocycles.